The summed E-state index contributed by atoms with van der Waals surface area (Å²) in [6.45, 7) is 4.84. The number of para-hydroxylation sites is 1. The number of nitrogens with one attached hydrogen (secondary N) is 1. The van der Waals surface area contributed by atoms with Gasteiger partial charge in [0.1, 0.15) is 0 Å². The highest BCUT2D eigenvalue weighted by Gasteiger charge is 2.17. The number of rotatable bonds is 5. The van der Waals surface area contributed by atoms with Crippen LogP contribution in [0.15, 0.2) is 53.6 Å². The van der Waals surface area contributed by atoms with Crippen LogP contribution in [-0.4, -0.2) is 27.3 Å². The molecule has 0 fully saturated rings. The molecule has 1 aromatic carbocycles. The summed E-state index contributed by atoms with van der Waals surface area (Å²) in [5, 5.41) is 0.972. The molecule has 0 atom stereocenters. The predicted molar refractivity (Wildman–Crippen MR) is 98.6 cm³/mol. The van der Waals surface area contributed by atoms with Gasteiger partial charge in [0.25, 0.3) is 11.5 Å². The first-order chi connectivity index (χ1) is 12.1. The van der Waals surface area contributed by atoms with Gasteiger partial charge in [0.2, 0.25) is 0 Å². The summed E-state index contributed by atoms with van der Waals surface area (Å²) in [5.74, 6) is -0.112. The maximum Gasteiger partial charge on any atom is 0.255 e. The van der Waals surface area contributed by atoms with Crippen molar-refractivity contribution < 1.29 is 4.79 Å². The maximum absolute atomic E-state index is 12.7. The van der Waals surface area contributed by atoms with E-state index in [1.807, 2.05) is 38.1 Å². The second kappa shape index (κ2) is 7.30. The van der Waals surface area contributed by atoms with Crippen LogP contribution < -0.4 is 5.56 Å². The Hall–Kier alpha value is -2.95. The number of pyridine rings is 2. The summed E-state index contributed by atoms with van der Waals surface area (Å²) >= 11 is 0. The monoisotopic (exact) mass is 335 g/mol. The van der Waals surface area contributed by atoms with Crippen LogP contribution in [0.3, 0.4) is 0 Å². The molecule has 0 aliphatic rings. The Morgan fingerprint density at radius 2 is 2.08 bits per heavy atom. The lowest BCUT2D eigenvalue weighted by molar-refractivity contribution is 0.0742. The lowest BCUT2D eigenvalue weighted by Gasteiger charge is -2.22. The molecule has 0 radical (unpaired) electrons. The first-order valence-corrected chi connectivity index (χ1v) is 8.41. The second-order valence-electron chi connectivity index (χ2n) is 6.13. The Morgan fingerprint density at radius 3 is 2.80 bits per heavy atom. The van der Waals surface area contributed by atoms with Crippen LogP contribution in [0.4, 0.5) is 0 Å². The lowest BCUT2D eigenvalue weighted by atomic mass is 10.1. The number of amides is 1. The predicted octanol–water partition coefficient (Wildman–Crippen LogP) is 3.28. The lowest BCUT2D eigenvalue weighted by Crippen LogP contribution is -2.33. The van der Waals surface area contributed by atoms with Gasteiger partial charge in [0.15, 0.2) is 0 Å². The minimum atomic E-state index is -0.151. The Balaban J connectivity index is 1.95. The third-order valence-electron chi connectivity index (χ3n) is 4.22. The van der Waals surface area contributed by atoms with Crippen LogP contribution in [-0.2, 0) is 6.54 Å². The highest BCUT2D eigenvalue weighted by molar-refractivity contribution is 5.94. The zero-order valence-electron chi connectivity index (χ0n) is 14.5. The molecular formula is C20H21N3O2. The van der Waals surface area contributed by atoms with Crippen molar-refractivity contribution in [3.8, 4) is 0 Å². The fraction of sp³-hybridized carbons (Fsp3) is 0.250. The van der Waals surface area contributed by atoms with Gasteiger partial charge in [0, 0.05) is 24.5 Å². The Morgan fingerprint density at radius 1 is 1.24 bits per heavy atom. The van der Waals surface area contributed by atoms with E-state index >= 15 is 0 Å². The van der Waals surface area contributed by atoms with Gasteiger partial charge in [0.05, 0.1) is 17.6 Å². The van der Waals surface area contributed by atoms with Crippen LogP contribution in [0.1, 0.15) is 34.8 Å². The van der Waals surface area contributed by atoms with E-state index in [0.29, 0.717) is 17.7 Å². The van der Waals surface area contributed by atoms with Gasteiger partial charge in [-0.25, -0.2) is 0 Å². The zero-order chi connectivity index (χ0) is 17.8. The van der Waals surface area contributed by atoms with Crippen molar-refractivity contribution in [1.82, 2.24) is 14.9 Å². The zero-order valence-corrected chi connectivity index (χ0v) is 14.5. The van der Waals surface area contributed by atoms with Crippen LogP contribution in [0.5, 0.6) is 0 Å². The minimum Gasteiger partial charge on any atom is -0.334 e. The number of carbonyl (C=O) groups excluding carboxylic acids is 1. The highest BCUT2D eigenvalue weighted by Crippen LogP contribution is 2.16. The van der Waals surface area contributed by atoms with E-state index in [9.17, 15) is 9.59 Å². The molecule has 3 rings (SSSR count). The van der Waals surface area contributed by atoms with Crippen LogP contribution >= 0.6 is 0 Å². The molecule has 0 aliphatic carbocycles. The number of carbonyl (C=O) groups is 1. The van der Waals surface area contributed by atoms with Gasteiger partial charge < -0.3 is 9.88 Å². The van der Waals surface area contributed by atoms with E-state index in [-0.39, 0.29) is 18.0 Å². The van der Waals surface area contributed by atoms with Crippen molar-refractivity contribution in [3.63, 3.8) is 0 Å². The molecule has 5 nitrogen and oxygen atoms in total. The molecule has 1 N–H and O–H groups in total. The first-order valence-electron chi connectivity index (χ1n) is 8.41. The summed E-state index contributed by atoms with van der Waals surface area (Å²) < 4.78 is 0. The normalized spacial score (nSPS) is 10.8. The van der Waals surface area contributed by atoms with Gasteiger partial charge in [-0.1, -0.05) is 25.1 Å². The number of nitrogens with zero attached hydrogens (tertiary/aromatic N) is 2. The van der Waals surface area contributed by atoms with E-state index in [1.165, 1.54) is 0 Å². The van der Waals surface area contributed by atoms with Crippen molar-refractivity contribution in [1.29, 1.82) is 0 Å². The largest absolute Gasteiger partial charge is 0.334 e. The number of aromatic nitrogens is 2. The van der Waals surface area contributed by atoms with Crippen molar-refractivity contribution in [2.45, 2.75) is 26.8 Å². The Labute approximate surface area is 146 Å². The van der Waals surface area contributed by atoms with Crippen LogP contribution in [0, 0.1) is 6.92 Å². The summed E-state index contributed by atoms with van der Waals surface area (Å²) in [4.78, 5) is 33.9. The van der Waals surface area contributed by atoms with E-state index in [4.69, 9.17) is 0 Å². The van der Waals surface area contributed by atoms with Crippen LogP contribution in [0.2, 0.25) is 0 Å². The topological polar surface area (TPSA) is 66.1 Å². The van der Waals surface area contributed by atoms with Gasteiger partial charge in [-0.3, -0.25) is 14.6 Å². The number of fused-ring (bicyclic) bond motifs is 1. The van der Waals surface area contributed by atoms with Crippen molar-refractivity contribution in [3.05, 3.63) is 75.8 Å². The van der Waals surface area contributed by atoms with Crippen molar-refractivity contribution in [2.75, 3.05) is 6.54 Å². The number of benzene rings is 1. The summed E-state index contributed by atoms with van der Waals surface area (Å²) in [7, 11) is 0. The summed E-state index contributed by atoms with van der Waals surface area (Å²) in [6.07, 6.45) is 4.01. The summed E-state index contributed by atoms with van der Waals surface area (Å²) in [5.41, 5.74) is 2.84. The third-order valence-corrected chi connectivity index (χ3v) is 4.22. The molecule has 5 heteroatoms. The molecule has 2 heterocycles. The first kappa shape index (κ1) is 16.9. The number of aryl methyl sites for hydroxylation is 1. The smallest absolute Gasteiger partial charge is 0.255 e. The molecule has 0 saturated heterocycles. The van der Waals surface area contributed by atoms with E-state index in [2.05, 4.69) is 9.97 Å². The number of hydrogen-bond acceptors (Lipinski definition) is 3. The fourth-order valence-electron chi connectivity index (χ4n) is 2.95. The third kappa shape index (κ3) is 3.60. The molecule has 2 aromatic heterocycles. The molecule has 0 aliphatic heterocycles. The Bertz CT molecular complexity index is 948. The molecule has 0 unspecified atom stereocenters. The van der Waals surface area contributed by atoms with E-state index < -0.39 is 0 Å². The SMILES string of the molecule is CCCN(Cc1cc2cccc(C)c2[nH]c1=O)C(=O)c1cccnc1. The maximum atomic E-state index is 12.7. The minimum absolute atomic E-state index is 0.112. The molecule has 0 bridgehead atoms. The average molecular weight is 335 g/mol. The van der Waals surface area contributed by atoms with Crippen LogP contribution in [0.25, 0.3) is 10.9 Å². The molecule has 1 amide bonds. The van der Waals surface area contributed by atoms with Gasteiger partial charge in [-0.2, -0.15) is 0 Å². The van der Waals surface area contributed by atoms with Gasteiger partial charge in [-0.15, -0.1) is 0 Å². The quantitative estimate of drug-likeness (QED) is 0.778. The molecule has 0 spiro atoms. The van der Waals surface area contributed by atoms with Gasteiger partial charge in [-0.05, 0) is 42.5 Å². The number of aromatic amines is 1. The highest BCUT2D eigenvalue weighted by atomic mass is 16.2. The molecule has 128 valence electrons. The average Bonchev–Trinajstić information content (AvgIpc) is 2.63. The summed E-state index contributed by atoms with van der Waals surface area (Å²) in [6, 6.07) is 11.3. The van der Waals surface area contributed by atoms with Crippen molar-refractivity contribution in [2.24, 2.45) is 0 Å². The fourth-order valence-corrected chi connectivity index (χ4v) is 2.95. The van der Waals surface area contributed by atoms with E-state index in [1.54, 1.807) is 29.4 Å². The second-order valence-corrected chi connectivity index (χ2v) is 6.13. The number of H-pyrrole nitrogens is 1. The molecule has 3 aromatic rings. The van der Waals surface area contributed by atoms with E-state index in [0.717, 1.165) is 22.9 Å². The number of hydrogen-bond donors (Lipinski definition) is 1. The van der Waals surface area contributed by atoms with Crippen molar-refractivity contribution >= 4 is 16.8 Å². The Kier molecular flexibility index (Phi) is 4.93. The van der Waals surface area contributed by atoms with Gasteiger partial charge >= 0.3 is 0 Å². The molecule has 25 heavy (non-hydrogen) atoms. The molecular weight excluding hydrogens is 314 g/mol. The molecule has 0 saturated carbocycles. The standard InChI is InChI=1S/C20H21N3O2/c1-3-10-23(20(25)16-8-5-9-21-12-16)13-17-11-15-7-4-6-14(2)18(15)22-19(17)24/h4-9,11-12H,3,10,13H2,1-2H3,(H,22,24).